The number of carbonyl (C=O) groups is 4. The van der Waals surface area contributed by atoms with E-state index in [-0.39, 0.29) is 39.1 Å². The summed E-state index contributed by atoms with van der Waals surface area (Å²) in [5, 5.41) is 18.4. The van der Waals surface area contributed by atoms with Crippen LogP contribution in [0.5, 0.6) is 5.75 Å². The van der Waals surface area contributed by atoms with Crippen LogP contribution >= 0.6 is 0 Å². The highest BCUT2D eigenvalue weighted by molar-refractivity contribution is 5.86. The fourth-order valence-electron chi connectivity index (χ4n) is 5.65. The van der Waals surface area contributed by atoms with Gasteiger partial charge in [0.15, 0.2) is 0 Å². The van der Waals surface area contributed by atoms with Gasteiger partial charge in [0.25, 0.3) is 0 Å². The van der Waals surface area contributed by atoms with Crippen LogP contribution in [0.2, 0.25) is 0 Å². The van der Waals surface area contributed by atoms with Gasteiger partial charge in [0.05, 0.1) is 24.6 Å². The molecule has 0 aliphatic rings. The number of nitrogens with one attached hydrogen (secondary N) is 3. The second-order valence-corrected chi connectivity index (χ2v) is 12.9. The van der Waals surface area contributed by atoms with Crippen LogP contribution in [-0.2, 0) is 43.5 Å². The van der Waals surface area contributed by atoms with Crippen molar-refractivity contribution >= 4 is 23.9 Å². The molecular formula is C44H49N3O8. The minimum atomic E-state index is -1.07. The van der Waals surface area contributed by atoms with E-state index < -0.39 is 47.9 Å². The highest BCUT2D eigenvalue weighted by atomic mass is 16.6. The number of hydrogen-bond donors (Lipinski definition) is 4. The topological polar surface area (TPSA) is 152 Å². The summed E-state index contributed by atoms with van der Waals surface area (Å²) < 4.78 is 16.7. The van der Waals surface area contributed by atoms with Crippen LogP contribution in [0.15, 0.2) is 141 Å². The Balaban J connectivity index is 1.32. The van der Waals surface area contributed by atoms with Crippen molar-refractivity contribution in [2.75, 3.05) is 13.2 Å². The molecule has 0 aliphatic carbocycles. The first kappa shape index (κ1) is 41.6. The lowest BCUT2D eigenvalue weighted by Gasteiger charge is -2.24. The maximum atomic E-state index is 13.7. The number of aliphatic hydroxyl groups is 1. The lowest BCUT2D eigenvalue weighted by atomic mass is 9.97. The number of esters is 1. The van der Waals surface area contributed by atoms with E-state index in [4.69, 9.17) is 14.2 Å². The van der Waals surface area contributed by atoms with Crippen molar-refractivity contribution in [2.45, 2.75) is 57.0 Å². The quantitative estimate of drug-likeness (QED) is 0.0553. The van der Waals surface area contributed by atoms with E-state index in [1.807, 2.05) is 91.0 Å². The van der Waals surface area contributed by atoms with E-state index in [1.54, 1.807) is 30.3 Å². The highest BCUT2D eigenvalue weighted by Gasteiger charge is 2.28. The Bertz CT molecular complexity index is 1800. The van der Waals surface area contributed by atoms with E-state index >= 15 is 0 Å². The first-order chi connectivity index (χ1) is 26.8. The number of ether oxygens (including phenoxy) is 3. The van der Waals surface area contributed by atoms with Gasteiger partial charge in [-0.1, -0.05) is 115 Å². The molecule has 0 spiro atoms. The van der Waals surface area contributed by atoms with E-state index in [0.29, 0.717) is 24.3 Å². The van der Waals surface area contributed by atoms with Gasteiger partial charge in [-0.05, 0) is 53.6 Å². The summed E-state index contributed by atoms with van der Waals surface area (Å²) in [4.78, 5) is 52.5. The van der Waals surface area contributed by atoms with Crippen LogP contribution in [0.25, 0.3) is 0 Å². The molecule has 0 aliphatic heterocycles. The van der Waals surface area contributed by atoms with Gasteiger partial charge in [0, 0.05) is 6.42 Å². The smallest absolute Gasteiger partial charge is 0.408 e. The number of benzene rings is 4. The molecule has 4 atom stereocenters. The standard InChI is InChI=1S/C44H49N3O8/c1-3-14-36(27-41(49)45-37(28-48)26-32-22-24-38(25-23-32)53-29-33-16-8-5-9-17-33)42(50)46-40(35-20-12-7-13-21-35)31-54-43(51)39(15-4-2)47-44(52)55-30-34-18-10-6-11-19-34/h3-13,16-25,36-37,39-40,48H,1-2,14-15,26-31H2,(H,45,49)(H,46,50)(H,47,52)/t36-,37+,39-,40-/m1/s1. The van der Waals surface area contributed by atoms with Crippen molar-refractivity contribution in [1.29, 1.82) is 0 Å². The zero-order valence-corrected chi connectivity index (χ0v) is 30.8. The summed E-state index contributed by atoms with van der Waals surface area (Å²) in [6.45, 7) is 7.34. The van der Waals surface area contributed by atoms with E-state index in [2.05, 4.69) is 29.1 Å². The molecule has 0 saturated carbocycles. The van der Waals surface area contributed by atoms with Gasteiger partial charge in [-0.3, -0.25) is 9.59 Å². The van der Waals surface area contributed by atoms with Gasteiger partial charge >= 0.3 is 12.1 Å². The maximum Gasteiger partial charge on any atom is 0.408 e. The van der Waals surface area contributed by atoms with Gasteiger partial charge in [0.1, 0.15) is 31.6 Å². The third-order valence-corrected chi connectivity index (χ3v) is 8.60. The SMILES string of the molecule is C=CC[C@H](CC(=O)N[C@H](CO)Cc1ccc(OCc2ccccc2)cc1)C(=O)N[C@H](COC(=O)[C@@H](CC=C)NC(=O)OCc1ccccc1)c1ccccc1. The van der Waals surface area contributed by atoms with Gasteiger partial charge in [-0.2, -0.15) is 0 Å². The lowest BCUT2D eigenvalue weighted by molar-refractivity contribution is -0.147. The molecule has 0 aromatic heterocycles. The first-order valence-corrected chi connectivity index (χ1v) is 18.1. The van der Waals surface area contributed by atoms with Crippen LogP contribution < -0.4 is 20.7 Å². The molecule has 0 fully saturated rings. The molecule has 0 saturated heterocycles. The van der Waals surface area contributed by atoms with Crippen molar-refractivity contribution in [3.8, 4) is 5.75 Å². The summed E-state index contributed by atoms with van der Waals surface area (Å²) in [6.07, 6.45) is 2.72. The number of amides is 3. The van der Waals surface area contributed by atoms with E-state index in [1.165, 1.54) is 6.08 Å². The van der Waals surface area contributed by atoms with Crippen LogP contribution in [0, 0.1) is 5.92 Å². The van der Waals surface area contributed by atoms with Gasteiger partial charge < -0.3 is 35.3 Å². The fourth-order valence-corrected chi connectivity index (χ4v) is 5.65. The average molecular weight is 748 g/mol. The van der Waals surface area contributed by atoms with Crippen molar-refractivity contribution in [1.82, 2.24) is 16.0 Å². The molecule has 11 nitrogen and oxygen atoms in total. The maximum absolute atomic E-state index is 13.7. The summed E-state index contributed by atoms with van der Waals surface area (Å²) >= 11 is 0. The Morgan fingerprint density at radius 2 is 1.27 bits per heavy atom. The molecule has 4 aromatic carbocycles. The zero-order chi connectivity index (χ0) is 39.3. The van der Waals surface area contributed by atoms with Crippen LogP contribution in [0.4, 0.5) is 4.79 Å². The Morgan fingerprint density at radius 1 is 0.673 bits per heavy atom. The van der Waals surface area contributed by atoms with Gasteiger partial charge in [-0.25, -0.2) is 9.59 Å². The molecular weight excluding hydrogens is 698 g/mol. The predicted molar refractivity (Wildman–Crippen MR) is 210 cm³/mol. The number of allylic oxidation sites excluding steroid dienone is 1. The third kappa shape index (κ3) is 14.6. The fraction of sp³-hybridized carbons (Fsp3) is 0.273. The molecule has 55 heavy (non-hydrogen) atoms. The molecule has 288 valence electrons. The largest absolute Gasteiger partial charge is 0.489 e. The second-order valence-electron chi connectivity index (χ2n) is 12.9. The summed E-state index contributed by atoms with van der Waals surface area (Å²) in [5.41, 5.74) is 3.40. The Morgan fingerprint density at radius 3 is 1.87 bits per heavy atom. The Hall–Kier alpha value is -6.20. The van der Waals surface area contributed by atoms with E-state index in [9.17, 15) is 24.3 Å². The first-order valence-electron chi connectivity index (χ1n) is 18.1. The molecule has 0 unspecified atom stereocenters. The van der Waals surface area contributed by atoms with Crippen molar-refractivity contribution in [3.05, 3.63) is 163 Å². The van der Waals surface area contributed by atoms with Crippen LogP contribution in [0.1, 0.15) is 47.6 Å². The third-order valence-electron chi connectivity index (χ3n) is 8.60. The Kier molecular flexibility index (Phi) is 17.2. The zero-order valence-electron chi connectivity index (χ0n) is 30.8. The van der Waals surface area contributed by atoms with E-state index in [0.717, 1.165) is 16.7 Å². The molecule has 4 N–H and O–H groups in total. The highest BCUT2D eigenvalue weighted by Crippen LogP contribution is 2.19. The molecule has 11 heteroatoms. The van der Waals surface area contributed by atoms with Crippen molar-refractivity contribution in [2.24, 2.45) is 5.92 Å². The Labute approximate surface area is 322 Å². The van der Waals surface area contributed by atoms with Crippen molar-refractivity contribution < 1.29 is 38.5 Å². The summed E-state index contributed by atoms with van der Waals surface area (Å²) in [5.74, 6) is -1.69. The van der Waals surface area contributed by atoms with Crippen molar-refractivity contribution in [3.63, 3.8) is 0 Å². The molecule has 4 aromatic rings. The summed E-state index contributed by atoms with van der Waals surface area (Å²) in [6, 6.07) is 32.9. The second kappa shape index (κ2) is 22.8. The normalized spacial score (nSPS) is 12.8. The van der Waals surface area contributed by atoms with Gasteiger partial charge in [0.2, 0.25) is 11.8 Å². The number of carbonyl (C=O) groups excluding carboxylic acids is 4. The predicted octanol–water partition coefficient (Wildman–Crippen LogP) is 6.14. The molecule has 0 heterocycles. The monoisotopic (exact) mass is 747 g/mol. The molecule has 0 radical (unpaired) electrons. The molecule has 0 bridgehead atoms. The number of rotatable bonds is 22. The number of alkyl carbamates (subject to hydrolysis) is 1. The minimum absolute atomic E-state index is 0.0226. The van der Waals surface area contributed by atoms with Crippen LogP contribution in [-0.4, -0.2) is 54.3 Å². The molecule has 4 rings (SSSR count). The minimum Gasteiger partial charge on any atom is -0.489 e. The van der Waals surface area contributed by atoms with Crippen LogP contribution in [0.3, 0.4) is 0 Å². The summed E-state index contributed by atoms with van der Waals surface area (Å²) in [7, 11) is 0. The molecule has 3 amide bonds. The number of hydrogen-bond acceptors (Lipinski definition) is 8. The van der Waals surface area contributed by atoms with Gasteiger partial charge in [-0.15, -0.1) is 13.2 Å². The number of aliphatic hydroxyl groups excluding tert-OH is 1. The lowest BCUT2D eigenvalue weighted by Crippen LogP contribution is -2.44. The average Bonchev–Trinajstić information content (AvgIpc) is 3.21.